The van der Waals surface area contributed by atoms with Crippen LogP contribution in [0.4, 0.5) is 0 Å². The first-order valence-electron chi connectivity index (χ1n) is 10.4. The molecule has 1 aliphatic carbocycles. The standard InChI is InChI=1S/C21H36N2O3/c1-5-6-7-8-9-10-11-18(24)20(23-22)21(25)26-19-14-16(4)12-13-17(19)15(2)3/h15-17,19H,5-14H2,1-4H3/t16-,17+,19+/m1/s1. The van der Waals surface area contributed by atoms with Crippen LogP contribution in [0.15, 0.2) is 0 Å². The molecular formula is C21H36N2O3. The van der Waals surface area contributed by atoms with Crippen LogP contribution in [0.2, 0.25) is 0 Å². The summed E-state index contributed by atoms with van der Waals surface area (Å²) in [5.74, 6) is 0.0136. The van der Waals surface area contributed by atoms with E-state index in [1.54, 1.807) is 0 Å². The van der Waals surface area contributed by atoms with E-state index in [0.29, 0.717) is 24.2 Å². The molecule has 1 saturated carbocycles. The van der Waals surface area contributed by atoms with Gasteiger partial charge >= 0.3 is 11.7 Å². The minimum Gasteiger partial charge on any atom is -0.453 e. The Labute approximate surface area is 158 Å². The lowest BCUT2D eigenvalue weighted by Crippen LogP contribution is -2.39. The quantitative estimate of drug-likeness (QED) is 0.129. The smallest absolute Gasteiger partial charge is 0.441 e. The summed E-state index contributed by atoms with van der Waals surface area (Å²) in [6.45, 7) is 8.58. The van der Waals surface area contributed by atoms with Crippen molar-refractivity contribution in [2.24, 2.45) is 17.8 Å². The summed E-state index contributed by atoms with van der Waals surface area (Å²) in [4.78, 5) is 27.6. The van der Waals surface area contributed by atoms with Gasteiger partial charge in [0.25, 0.3) is 5.78 Å². The van der Waals surface area contributed by atoms with Crippen molar-refractivity contribution in [1.82, 2.24) is 0 Å². The average Bonchev–Trinajstić information content (AvgIpc) is 2.58. The minimum atomic E-state index is -0.770. The lowest BCUT2D eigenvalue weighted by molar-refractivity contribution is -0.153. The largest absolute Gasteiger partial charge is 0.453 e. The fourth-order valence-corrected chi connectivity index (χ4v) is 3.84. The zero-order valence-electron chi connectivity index (χ0n) is 17.0. The second-order valence-corrected chi connectivity index (χ2v) is 8.16. The number of hydrogen-bond acceptors (Lipinski definition) is 3. The van der Waals surface area contributed by atoms with E-state index < -0.39 is 17.5 Å². The van der Waals surface area contributed by atoms with E-state index in [0.717, 1.165) is 32.1 Å². The lowest BCUT2D eigenvalue weighted by Gasteiger charge is -2.36. The third kappa shape index (κ3) is 7.41. The van der Waals surface area contributed by atoms with Gasteiger partial charge in [0.1, 0.15) is 6.10 Å². The highest BCUT2D eigenvalue weighted by molar-refractivity contribution is 6.62. The monoisotopic (exact) mass is 364 g/mol. The molecule has 0 bridgehead atoms. The van der Waals surface area contributed by atoms with Gasteiger partial charge in [-0.2, -0.15) is 4.79 Å². The van der Waals surface area contributed by atoms with E-state index in [2.05, 4.69) is 32.5 Å². The number of ether oxygens (including phenoxy) is 1. The molecule has 1 rings (SSSR count). The Balaban J connectivity index is 2.54. The molecule has 1 aliphatic rings. The highest BCUT2D eigenvalue weighted by Gasteiger charge is 2.38. The zero-order chi connectivity index (χ0) is 19.5. The van der Waals surface area contributed by atoms with Gasteiger partial charge in [-0.1, -0.05) is 66.2 Å². The highest BCUT2D eigenvalue weighted by atomic mass is 16.5. The van der Waals surface area contributed by atoms with Gasteiger partial charge in [0.15, 0.2) is 0 Å². The van der Waals surface area contributed by atoms with Crippen LogP contribution in [-0.2, 0) is 14.3 Å². The summed E-state index contributed by atoms with van der Waals surface area (Å²) in [6, 6.07) is 0. The Morgan fingerprint density at radius 2 is 1.77 bits per heavy atom. The summed E-state index contributed by atoms with van der Waals surface area (Å²) in [5.41, 5.74) is 8.72. The van der Waals surface area contributed by atoms with E-state index in [9.17, 15) is 9.59 Å². The number of unbranched alkanes of at least 4 members (excludes halogenated alkanes) is 5. The number of nitrogens with zero attached hydrogens (tertiary/aromatic N) is 2. The zero-order valence-corrected chi connectivity index (χ0v) is 17.0. The summed E-state index contributed by atoms with van der Waals surface area (Å²) in [6.07, 6.45) is 9.31. The fraction of sp³-hybridized carbons (Fsp3) is 0.857. The second-order valence-electron chi connectivity index (χ2n) is 8.16. The molecule has 1 fully saturated rings. The molecule has 0 aromatic heterocycles. The average molecular weight is 365 g/mol. The third-order valence-electron chi connectivity index (χ3n) is 5.53. The maximum Gasteiger partial charge on any atom is 0.441 e. The van der Waals surface area contributed by atoms with E-state index >= 15 is 0 Å². The van der Waals surface area contributed by atoms with Crippen molar-refractivity contribution < 1.29 is 19.1 Å². The molecule has 148 valence electrons. The molecule has 0 amide bonds. The number of hydrogen-bond donors (Lipinski definition) is 0. The predicted octanol–water partition coefficient (Wildman–Crippen LogP) is 4.98. The maximum absolute atomic E-state index is 12.4. The number of ketones is 1. The van der Waals surface area contributed by atoms with E-state index in [1.165, 1.54) is 19.3 Å². The van der Waals surface area contributed by atoms with Crippen LogP contribution in [0.3, 0.4) is 0 Å². The van der Waals surface area contributed by atoms with E-state index in [-0.39, 0.29) is 12.5 Å². The molecule has 0 saturated heterocycles. The molecule has 0 radical (unpaired) electrons. The van der Waals surface area contributed by atoms with Crippen molar-refractivity contribution in [1.29, 1.82) is 0 Å². The Kier molecular flexibility index (Phi) is 10.4. The van der Waals surface area contributed by atoms with Gasteiger partial charge in [-0.25, -0.2) is 4.79 Å². The molecule has 5 nitrogen and oxygen atoms in total. The molecule has 0 spiro atoms. The first-order chi connectivity index (χ1) is 12.4. The molecular weight excluding hydrogens is 328 g/mol. The molecule has 0 aromatic carbocycles. The molecule has 0 heterocycles. The van der Waals surface area contributed by atoms with Crippen LogP contribution in [-0.4, -0.2) is 28.4 Å². The van der Waals surface area contributed by atoms with Crippen LogP contribution in [0, 0.1) is 17.8 Å². The number of esters is 1. The normalized spacial score (nSPS) is 22.7. The SMILES string of the molecule is CCCCCCCCC(=O)C(=[N+]=[N-])C(=O)O[C@H]1C[C@H](C)CC[C@H]1C(C)C. The molecule has 0 unspecified atom stereocenters. The van der Waals surface area contributed by atoms with Gasteiger partial charge in [-0.05, 0) is 37.0 Å². The summed E-state index contributed by atoms with van der Waals surface area (Å²) in [5, 5.41) is 0. The van der Waals surface area contributed by atoms with Gasteiger partial charge in [0, 0.05) is 6.42 Å². The van der Waals surface area contributed by atoms with Gasteiger partial charge < -0.3 is 10.3 Å². The van der Waals surface area contributed by atoms with Gasteiger partial charge in [-0.15, -0.1) is 0 Å². The summed E-state index contributed by atoms with van der Waals surface area (Å²) < 4.78 is 5.62. The maximum atomic E-state index is 12.4. The Morgan fingerprint density at radius 1 is 1.12 bits per heavy atom. The highest BCUT2D eigenvalue weighted by Crippen LogP contribution is 2.35. The molecule has 3 atom stereocenters. The Bertz CT molecular complexity index is 509. The van der Waals surface area contributed by atoms with Crippen LogP contribution in [0.25, 0.3) is 5.53 Å². The topological polar surface area (TPSA) is 79.8 Å². The molecule has 0 aliphatic heterocycles. The van der Waals surface area contributed by atoms with Crippen molar-refractivity contribution in [3.8, 4) is 0 Å². The van der Waals surface area contributed by atoms with Crippen molar-refractivity contribution in [2.75, 3.05) is 0 Å². The van der Waals surface area contributed by atoms with Crippen molar-refractivity contribution in [2.45, 2.75) is 98.0 Å². The third-order valence-corrected chi connectivity index (χ3v) is 5.53. The number of rotatable bonds is 11. The first-order valence-corrected chi connectivity index (χ1v) is 10.4. The van der Waals surface area contributed by atoms with Gasteiger partial charge in [0.05, 0.1) is 0 Å². The van der Waals surface area contributed by atoms with E-state index in [1.807, 2.05) is 0 Å². The first kappa shape index (κ1) is 22.6. The minimum absolute atomic E-state index is 0.204. The van der Waals surface area contributed by atoms with Crippen LogP contribution < -0.4 is 0 Å². The summed E-state index contributed by atoms with van der Waals surface area (Å²) in [7, 11) is 0. The molecule has 0 N–H and O–H groups in total. The van der Waals surface area contributed by atoms with Gasteiger partial charge in [-0.3, -0.25) is 4.79 Å². The lowest BCUT2D eigenvalue weighted by atomic mass is 9.75. The number of carbonyl (C=O) groups excluding carboxylic acids is 2. The number of Topliss-reactive ketones (excluding diaryl/α,β-unsaturated/α-hetero) is 1. The second kappa shape index (κ2) is 12.0. The van der Waals surface area contributed by atoms with Crippen molar-refractivity contribution >= 4 is 17.5 Å². The van der Waals surface area contributed by atoms with Crippen molar-refractivity contribution in [3.05, 3.63) is 5.53 Å². The molecule has 5 heteroatoms. The molecule has 0 aromatic rings. The van der Waals surface area contributed by atoms with Crippen LogP contribution >= 0.6 is 0 Å². The Morgan fingerprint density at radius 3 is 2.38 bits per heavy atom. The molecule has 26 heavy (non-hydrogen) atoms. The van der Waals surface area contributed by atoms with E-state index in [4.69, 9.17) is 10.3 Å². The number of carbonyl (C=O) groups is 2. The van der Waals surface area contributed by atoms with Gasteiger partial charge in [0.2, 0.25) is 0 Å². The fourth-order valence-electron chi connectivity index (χ4n) is 3.84. The predicted molar refractivity (Wildman–Crippen MR) is 103 cm³/mol. The van der Waals surface area contributed by atoms with Crippen molar-refractivity contribution in [3.63, 3.8) is 0 Å². The van der Waals surface area contributed by atoms with Crippen LogP contribution in [0.5, 0.6) is 0 Å². The van der Waals surface area contributed by atoms with Crippen LogP contribution in [0.1, 0.15) is 91.9 Å². The Hall–Kier alpha value is -1.48. The summed E-state index contributed by atoms with van der Waals surface area (Å²) >= 11 is 0.